The molecular weight excluding hydrogens is 321 g/mol. The van der Waals surface area contributed by atoms with E-state index in [-0.39, 0.29) is 6.54 Å². The molecule has 1 heterocycles. The predicted octanol–water partition coefficient (Wildman–Crippen LogP) is 2.09. The molecule has 0 saturated carbocycles. The van der Waals surface area contributed by atoms with Gasteiger partial charge in [-0.3, -0.25) is 0 Å². The largest absolute Gasteiger partial charge is 0.416 e. The molecule has 0 aliphatic rings. The van der Waals surface area contributed by atoms with Gasteiger partial charge in [-0.1, -0.05) is 12.1 Å². The lowest BCUT2D eigenvalue weighted by atomic mass is 10.1. The lowest BCUT2D eigenvalue weighted by Crippen LogP contribution is -2.37. The number of hydrogen-bond acceptors (Lipinski definition) is 3. The Bertz CT molecular complexity index is 693. The van der Waals surface area contributed by atoms with Crippen molar-refractivity contribution < 1.29 is 13.2 Å². The molecule has 6 nitrogen and oxygen atoms in total. The molecule has 0 saturated heterocycles. The molecule has 1 aromatic heterocycles. The number of rotatable bonds is 5. The molecule has 130 valence electrons. The Balaban J connectivity index is 2.04. The topological polar surface area (TPSA) is 67.1 Å². The molecule has 0 amide bonds. The number of benzene rings is 1. The van der Waals surface area contributed by atoms with E-state index < -0.39 is 11.7 Å². The highest BCUT2D eigenvalue weighted by atomic mass is 19.4. The molecule has 0 unspecified atom stereocenters. The monoisotopic (exact) mass is 340 g/mol. The zero-order chi connectivity index (χ0) is 17.6. The zero-order valence-corrected chi connectivity index (χ0v) is 13.4. The molecule has 0 spiro atoms. The van der Waals surface area contributed by atoms with Gasteiger partial charge in [0, 0.05) is 13.6 Å². The third-order valence-corrected chi connectivity index (χ3v) is 3.24. The molecule has 9 heteroatoms. The molecule has 0 radical (unpaired) electrons. The summed E-state index contributed by atoms with van der Waals surface area (Å²) in [6.07, 6.45) is -2.77. The van der Waals surface area contributed by atoms with Crippen LogP contribution in [0.15, 0.2) is 35.6 Å². The Morgan fingerprint density at radius 2 is 2.08 bits per heavy atom. The van der Waals surface area contributed by atoms with Gasteiger partial charge < -0.3 is 15.2 Å². The van der Waals surface area contributed by atoms with Crippen LogP contribution in [-0.4, -0.2) is 27.3 Å². The normalized spacial score (nSPS) is 12.3. The van der Waals surface area contributed by atoms with Crippen molar-refractivity contribution in [2.75, 3.05) is 6.54 Å². The molecule has 0 aliphatic carbocycles. The summed E-state index contributed by atoms with van der Waals surface area (Å²) in [5.41, 5.74) is -0.187. The van der Waals surface area contributed by atoms with Gasteiger partial charge in [0.05, 0.1) is 18.7 Å². The highest BCUT2D eigenvalue weighted by Crippen LogP contribution is 2.29. The first-order chi connectivity index (χ1) is 11.4. The average molecular weight is 340 g/mol. The molecule has 0 bridgehead atoms. The standard InChI is InChI=1S/C15H19F3N6/c1-3-19-14(21-9-13-23-22-10-24(13)2)20-8-11-5-4-6-12(7-11)15(16,17)18/h4-7,10H,3,8-9H2,1-2H3,(H2,19,20,21). The number of alkyl halides is 3. The Morgan fingerprint density at radius 1 is 1.29 bits per heavy atom. The van der Waals surface area contributed by atoms with Crippen molar-refractivity contribution in [2.24, 2.45) is 12.0 Å². The van der Waals surface area contributed by atoms with E-state index in [2.05, 4.69) is 25.8 Å². The van der Waals surface area contributed by atoms with Crippen molar-refractivity contribution in [2.45, 2.75) is 26.2 Å². The molecule has 0 aliphatic heterocycles. The number of hydrogen-bond donors (Lipinski definition) is 2. The van der Waals surface area contributed by atoms with Crippen LogP contribution in [0.25, 0.3) is 0 Å². The van der Waals surface area contributed by atoms with Gasteiger partial charge in [0.25, 0.3) is 0 Å². The Kier molecular flexibility index (Phi) is 5.78. The number of guanidine groups is 1. The highest BCUT2D eigenvalue weighted by molar-refractivity contribution is 5.79. The summed E-state index contributed by atoms with van der Waals surface area (Å²) < 4.78 is 39.9. The van der Waals surface area contributed by atoms with Crippen LogP contribution in [0.1, 0.15) is 23.9 Å². The maximum Gasteiger partial charge on any atom is 0.416 e. The molecule has 0 fully saturated rings. The van der Waals surface area contributed by atoms with Crippen LogP contribution in [0.2, 0.25) is 0 Å². The van der Waals surface area contributed by atoms with Gasteiger partial charge in [0.1, 0.15) is 6.33 Å². The van der Waals surface area contributed by atoms with Crippen molar-refractivity contribution in [3.63, 3.8) is 0 Å². The molecule has 2 aromatic rings. The first-order valence-corrected chi connectivity index (χ1v) is 7.41. The van der Waals surface area contributed by atoms with Crippen LogP contribution in [0.5, 0.6) is 0 Å². The van der Waals surface area contributed by atoms with E-state index in [1.54, 1.807) is 17.0 Å². The molecule has 1 aromatic carbocycles. The number of halogens is 3. The molecule has 0 atom stereocenters. The fourth-order valence-corrected chi connectivity index (χ4v) is 1.99. The quantitative estimate of drug-likeness (QED) is 0.646. The third kappa shape index (κ3) is 4.97. The number of nitrogens with zero attached hydrogens (tertiary/aromatic N) is 4. The molecular formula is C15H19F3N6. The van der Waals surface area contributed by atoms with Crippen LogP contribution >= 0.6 is 0 Å². The summed E-state index contributed by atoms with van der Waals surface area (Å²) >= 11 is 0. The first kappa shape index (κ1) is 17.8. The first-order valence-electron chi connectivity index (χ1n) is 7.41. The predicted molar refractivity (Wildman–Crippen MR) is 84.1 cm³/mol. The van der Waals surface area contributed by atoms with Gasteiger partial charge in [-0.15, -0.1) is 10.2 Å². The van der Waals surface area contributed by atoms with Crippen LogP contribution in [0.4, 0.5) is 13.2 Å². The summed E-state index contributed by atoms with van der Waals surface area (Å²) in [4.78, 5) is 4.31. The minimum absolute atomic E-state index is 0.137. The number of nitrogens with one attached hydrogen (secondary N) is 2. The fraction of sp³-hybridized carbons (Fsp3) is 0.400. The van der Waals surface area contributed by atoms with Crippen molar-refractivity contribution in [1.29, 1.82) is 0 Å². The van der Waals surface area contributed by atoms with Crippen LogP contribution in [-0.2, 0) is 26.3 Å². The summed E-state index contributed by atoms with van der Waals surface area (Å²) in [5, 5.41) is 13.8. The Labute approximate surface area is 137 Å². The number of aryl methyl sites for hydroxylation is 1. The molecule has 24 heavy (non-hydrogen) atoms. The van der Waals surface area contributed by atoms with Gasteiger partial charge in [-0.05, 0) is 24.6 Å². The maximum absolute atomic E-state index is 12.7. The lowest BCUT2D eigenvalue weighted by molar-refractivity contribution is -0.137. The van der Waals surface area contributed by atoms with Crippen molar-refractivity contribution in [1.82, 2.24) is 25.4 Å². The van der Waals surface area contributed by atoms with E-state index >= 15 is 0 Å². The lowest BCUT2D eigenvalue weighted by Gasteiger charge is -2.11. The van der Waals surface area contributed by atoms with Crippen molar-refractivity contribution in [3.05, 3.63) is 47.5 Å². The van der Waals surface area contributed by atoms with Gasteiger partial charge in [-0.25, -0.2) is 4.99 Å². The fourth-order valence-electron chi connectivity index (χ4n) is 1.99. The third-order valence-electron chi connectivity index (χ3n) is 3.24. The van der Waals surface area contributed by atoms with E-state index in [9.17, 15) is 13.2 Å². The van der Waals surface area contributed by atoms with Gasteiger partial charge >= 0.3 is 6.18 Å². The minimum Gasteiger partial charge on any atom is -0.357 e. The summed E-state index contributed by atoms with van der Waals surface area (Å²) in [7, 11) is 1.82. The van der Waals surface area contributed by atoms with Crippen LogP contribution in [0, 0.1) is 0 Å². The highest BCUT2D eigenvalue weighted by Gasteiger charge is 2.30. The van der Waals surface area contributed by atoms with E-state index in [0.29, 0.717) is 24.6 Å². The van der Waals surface area contributed by atoms with E-state index in [0.717, 1.165) is 18.0 Å². The molecule has 2 N–H and O–H groups in total. The summed E-state index contributed by atoms with van der Waals surface area (Å²) in [5.74, 6) is 1.22. The number of aromatic nitrogens is 3. The SMILES string of the molecule is CCNC(=NCc1cccc(C(F)(F)F)c1)NCc1nncn1C. The van der Waals surface area contributed by atoms with Crippen LogP contribution in [0.3, 0.4) is 0 Å². The van der Waals surface area contributed by atoms with E-state index in [4.69, 9.17) is 0 Å². The van der Waals surface area contributed by atoms with Crippen molar-refractivity contribution in [3.8, 4) is 0 Å². The summed E-state index contributed by atoms with van der Waals surface area (Å²) in [6.45, 7) is 3.08. The Morgan fingerprint density at radius 3 is 2.71 bits per heavy atom. The van der Waals surface area contributed by atoms with Gasteiger partial charge in [-0.2, -0.15) is 13.2 Å². The van der Waals surface area contributed by atoms with E-state index in [1.165, 1.54) is 6.07 Å². The summed E-state index contributed by atoms with van der Waals surface area (Å²) in [6, 6.07) is 5.15. The average Bonchev–Trinajstić information content (AvgIpc) is 2.95. The molecule has 2 rings (SSSR count). The van der Waals surface area contributed by atoms with Crippen molar-refractivity contribution >= 4 is 5.96 Å². The smallest absolute Gasteiger partial charge is 0.357 e. The zero-order valence-electron chi connectivity index (χ0n) is 13.4. The van der Waals surface area contributed by atoms with E-state index in [1.807, 2.05) is 14.0 Å². The maximum atomic E-state index is 12.7. The Hall–Kier alpha value is -2.58. The minimum atomic E-state index is -4.35. The number of aliphatic imine (C=N–C) groups is 1. The van der Waals surface area contributed by atoms with Crippen LogP contribution < -0.4 is 10.6 Å². The second-order valence-electron chi connectivity index (χ2n) is 5.10. The van der Waals surface area contributed by atoms with Gasteiger partial charge in [0.15, 0.2) is 11.8 Å². The second-order valence-corrected chi connectivity index (χ2v) is 5.10. The second kappa shape index (κ2) is 7.80. The van der Waals surface area contributed by atoms with Gasteiger partial charge in [0.2, 0.25) is 0 Å².